The number of aromatic nitrogens is 4. The molecule has 0 bridgehead atoms. The number of carbonyl (C=O) groups excluding carboxylic acids is 1. The lowest BCUT2D eigenvalue weighted by Crippen LogP contribution is -2.38. The Kier molecular flexibility index (Phi) is 8.23. The van der Waals surface area contributed by atoms with Gasteiger partial charge in [-0.15, -0.1) is 0 Å². The predicted octanol–water partition coefficient (Wildman–Crippen LogP) is 4.83. The Morgan fingerprint density at radius 2 is 1.74 bits per heavy atom. The molecule has 1 saturated carbocycles. The fourth-order valence-corrected chi connectivity index (χ4v) is 6.40. The number of carbonyl (C=O) groups is 1. The number of imidazole rings is 1. The predicted molar refractivity (Wildman–Crippen MR) is 155 cm³/mol. The molecule has 9 nitrogen and oxygen atoms in total. The molecule has 1 amide bonds. The molecule has 0 unspecified atom stereocenters. The summed E-state index contributed by atoms with van der Waals surface area (Å²) in [5, 5.41) is 7.22. The Morgan fingerprint density at radius 3 is 2.51 bits per heavy atom. The van der Waals surface area contributed by atoms with Gasteiger partial charge in [0.15, 0.2) is 17.0 Å². The molecule has 3 aromatic rings. The number of amides is 1. The Bertz CT molecular complexity index is 1230. The van der Waals surface area contributed by atoms with Crippen LogP contribution in [-0.4, -0.2) is 74.0 Å². The summed E-state index contributed by atoms with van der Waals surface area (Å²) in [6.45, 7) is 5.56. The second-order valence-electron chi connectivity index (χ2n) is 11.5. The number of fused-ring (bicyclic) bond motifs is 1. The highest BCUT2D eigenvalue weighted by atomic mass is 16.2. The van der Waals surface area contributed by atoms with Gasteiger partial charge in [-0.25, -0.2) is 4.98 Å². The van der Waals surface area contributed by atoms with Crippen LogP contribution in [0, 0.1) is 0 Å². The van der Waals surface area contributed by atoms with E-state index < -0.39 is 0 Å². The molecule has 3 aliphatic rings. The highest BCUT2D eigenvalue weighted by Crippen LogP contribution is 2.32. The van der Waals surface area contributed by atoms with Gasteiger partial charge in [0, 0.05) is 57.8 Å². The molecule has 1 aliphatic carbocycles. The lowest BCUT2D eigenvalue weighted by Gasteiger charge is -2.32. The molecule has 0 atom stereocenters. The van der Waals surface area contributed by atoms with Crippen LogP contribution in [0.4, 0.5) is 11.8 Å². The maximum Gasteiger partial charge on any atom is 0.226 e. The number of nitrogens with one attached hydrogen (secondary N) is 2. The number of likely N-dealkylation sites (tertiary alicyclic amines) is 2. The molecule has 0 radical (unpaired) electrons. The van der Waals surface area contributed by atoms with Crippen LogP contribution in [0.5, 0.6) is 0 Å². The molecule has 4 heterocycles. The van der Waals surface area contributed by atoms with E-state index in [9.17, 15) is 4.79 Å². The van der Waals surface area contributed by atoms with Crippen molar-refractivity contribution in [3.8, 4) is 0 Å². The van der Waals surface area contributed by atoms with Gasteiger partial charge in [-0.2, -0.15) is 9.97 Å². The zero-order valence-corrected chi connectivity index (χ0v) is 23.0. The molecule has 2 aromatic heterocycles. The minimum Gasteiger partial charge on any atom is -0.365 e. The number of piperidine rings is 1. The summed E-state index contributed by atoms with van der Waals surface area (Å²) in [4.78, 5) is 31.2. The van der Waals surface area contributed by atoms with Gasteiger partial charge in [0.05, 0.1) is 6.33 Å². The molecule has 39 heavy (non-hydrogen) atoms. The van der Waals surface area contributed by atoms with Crippen LogP contribution in [0.15, 0.2) is 36.7 Å². The molecule has 2 saturated heterocycles. The van der Waals surface area contributed by atoms with Crippen LogP contribution < -0.4 is 10.6 Å². The van der Waals surface area contributed by atoms with Crippen LogP contribution >= 0.6 is 0 Å². The van der Waals surface area contributed by atoms with E-state index >= 15 is 0 Å². The van der Waals surface area contributed by atoms with E-state index in [2.05, 4.69) is 50.4 Å². The Labute approximate surface area is 231 Å². The van der Waals surface area contributed by atoms with Crippen molar-refractivity contribution >= 4 is 28.8 Å². The molecule has 2 aliphatic heterocycles. The molecule has 9 heteroatoms. The van der Waals surface area contributed by atoms with Crippen LogP contribution in [-0.2, 0) is 11.3 Å². The summed E-state index contributed by atoms with van der Waals surface area (Å²) >= 11 is 0. The minimum absolute atomic E-state index is 0.283. The van der Waals surface area contributed by atoms with Gasteiger partial charge in [-0.3, -0.25) is 9.69 Å². The van der Waals surface area contributed by atoms with Crippen LogP contribution in [0.2, 0.25) is 0 Å². The molecule has 1 aromatic carbocycles. The number of hydrogen-bond donors (Lipinski definition) is 2. The highest BCUT2D eigenvalue weighted by molar-refractivity contribution is 5.84. The second kappa shape index (κ2) is 12.3. The Balaban J connectivity index is 1.14. The van der Waals surface area contributed by atoms with E-state index in [0.717, 1.165) is 81.9 Å². The van der Waals surface area contributed by atoms with Crippen molar-refractivity contribution in [3.05, 3.63) is 42.2 Å². The van der Waals surface area contributed by atoms with E-state index in [1.165, 1.54) is 37.7 Å². The molecular formula is C30H42N8O. The third-order valence-electron chi connectivity index (χ3n) is 8.63. The van der Waals surface area contributed by atoms with Crippen molar-refractivity contribution in [2.45, 2.75) is 82.8 Å². The van der Waals surface area contributed by atoms with Gasteiger partial charge in [0.1, 0.15) is 0 Å². The maximum atomic E-state index is 11.9. The number of anilines is 2. The first-order valence-electron chi connectivity index (χ1n) is 15.0. The fraction of sp³-hybridized carbons (Fsp3) is 0.600. The summed E-state index contributed by atoms with van der Waals surface area (Å²) in [5.41, 5.74) is 3.18. The number of hydrogen-bond acceptors (Lipinski definition) is 7. The maximum absolute atomic E-state index is 11.9. The molecule has 208 valence electrons. The average Bonchev–Trinajstić information content (AvgIpc) is 3.59. The minimum atomic E-state index is 0.283. The first kappa shape index (κ1) is 26.0. The smallest absolute Gasteiger partial charge is 0.226 e. The highest BCUT2D eigenvalue weighted by Gasteiger charge is 2.24. The molecular weight excluding hydrogens is 488 g/mol. The Morgan fingerprint density at radius 1 is 0.923 bits per heavy atom. The summed E-state index contributed by atoms with van der Waals surface area (Å²) in [6, 6.07) is 11.6. The molecule has 3 fully saturated rings. The monoisotopic (exact) mass is 530 g/mol. The van der Waals surface area contributed by atoms with Crippen molar-refractivity contribution in [3.63, 3.8) is 0 Å². The Hall–Kier alpha value is -3.20. The van der Waals surface area contributed by atoms with E-state index in [0.29, 0.717) is 24.5 Å². The normalized spacial score (nSPS) is 19.7. The van der Waals surface area contributed by atoms with Crippen molar-refractivity contribution in [2.75, 3.05) is 43.4 Å². The topological polar surface area (TPSA) is 91.2 Å². The summed E-state index contributed by atoms with van der Waals surface area (Å²) in [6.07, 6.45) is 12.9. The summed E-state index contributed by atoms with van der Waals surface area (Å²) in [7, 11) is 0. The van der Waals surface area contributed by atoms with Crippen LogP contribution in [0.25, 0.3) is 11.2 Å². The van der Waals surface area contributed by atoms with E-state index in [1.54, 1.807) is 0 Å². The first-order valence-corrected chi connectivity index (χ1v) is 15.0. The lowest BCUT2D eigenvalue weighted by atomic mass is 9.95. The molecule has 6 rings (SSSR count). The second-order valence-corrected chi connectivity index (χ2v) is 11.5. The van der Waals surface area contributed by atoms with E-state index in [1.807, 2.05) is 11.2 Å². The van der Waals surface area contributed by atoms with Crippen LogP contribution in [0.3, 0.4) is 0 Å². The summed E-state index contributed by atoms with van der Waals surface area (Å²) in [5.74, 6) is 1.77. The van der Waals surface area contributed by atoms with Crippen molar-refractivity contribution < 1.29 is 4.79 Å². The van der Waals surface area contributed by atoms with Gasteiger partial charge in [0.25, 0.3) is 0 Å². The zero-order chi connectivity index (χ0) is 26.4. The number of benzene rings is 1. The largest absolute Gasteiger partial charge is 0.365 e. The van der Waals surface area contributed by atoms with E-state index in [4.69, 9.17) is 15.0 Å². The number of rotatable bonds is 10. The van der Waals surface area contributed by atoms with Gasteiger partial charge < -0.3 is 20.1 Å². The average molecular weight is 531 g/mol. The fourth-order valence-electron chi connectivity index (χ4n) is 6.40. The lowest BCUT2D eigenvalue weighted by molar-refractivity contribution is -0.127. The standard InChI is InChI=1S/C30H42N8O/c39-26-13-7-17-37(26)18-8-16-31-30-34-28(27-29(35-30)38(22-32-27)25-11-5-2-6-12-25)33-24-14-19-36(20-15-24)21-23-9-3-1-4-10-23/h1,3-4,9-10,22,24-25H,2,5-8,11-21H2,(H2,31,33,34,35). The zero-order valence-electron chi connectivity index (χ0n) is 23.0. The SMILES string of the molecule is O=C1CCCN1CCCNc1nc(NC2CCN(Cc3ccccc3)CC2)c2ncn(C3CCCCC3)c2n1. The first-order chi connectivity index (χ1) is 19.2. The van der Waals surface area contributed by atoms with E-state index in [-0.39, 0.29) is 5.91 Å². The van der Waals surface area contributed by atoms with Crippen molar-refractivity contribution in [1.29, 1.82) is 0 Å². The molecule has 2 N–H and O–H groups in total. The van der Waals surface area contributed by atoms with Gasteiger partial charge in [-0.1, -0.05) is 49.6 Å². The number of nitrogens with zero attached hydrogens (tertiary/aromatic N) is 6. The van der Waals surface area contributed by atoms with Gasteiger partial charge in [0.2, 0.25) is 11.9 Å². The van der Waals surface area contributed by atoms with Gasteiger partial charge in [-0.05, 0) is 44.1 Å². The summed E-state index contributed by atoms with van der Waals surface area (Å²) < 4.78 is 2.29. The van der Waals surface area contributed by atoms with Crippen molar-refractivity contribution in [2.24, 2.45) is 0 Å². The van der Waals surface area contributed by atoms with Crippen molar-refractivity contribution in [1.82, 2.24) is 29.3 Å². The molecule has 0 spiro atoms. The van der Waals surface area contributed by atoms with Crippen LogP contribution in [0.1, 0.15) is 75.8 Å². The third kappa shape index (κ3) is 6.35. The van der Waals surface area contributed by atoms with Gasteiger partial charge >= 0.3 is 0 Å². The quantitative estimate of drug-likeness (QED) is 0.363. The third-order valence-corrected chi connectivity index (χ3v) is 8.63.